The van der Waals surface area contributed by atoms with Crippen LogP contribution in [0.4, 0.5) is 5.13 Å². The molecule has 5 rings (SSSR count). The van der Waals surface area contributed by atoms with Crippen molar-refractivity contribution in [2.24, 2.45) is 0 Å². The number of aliphatic hydroxyl groups is 1. The lowest BCUT2D eigenvalue weighted by Gasteiger charge is -2.22. The quantitative estimate of drug-likeness (QED) is 0.0710. The lowest BCUT2D eigenvalue weighted by Crippen LogP contribution is -2.29. The van der Waals surface area contributed by atoms with Crippen LogP contribution in [0.15, 0.2) is 87.2 Å². The molecule has 4 aromatic rings. The fourth-order valence-electron chi connectivity index (χ4n) is 4.11. The number of carbonyl (C=O) groups excluding carboxylic acids is 2. The van der Waals surface area contributed by atoms with Crippen LogP contribution in [0.2, 0.25) is 5.02 Å². The smallest absolute Gasteiger partial charge is 0.301 e. The SMILES string of the molecule is CCOc1ccc(C2/C(=C(/O)c3ccc(Br)cc3)C(=O)C(=O)N2c2nnc(SCc3ccc(Cl)cc3)s2)cc1. The molecular formula is C28H21BrClN3O4S2. The number of aliphatic hydroxyl groups excluding tert-OH is 1. The first-order chi connectivity index (χ1) is 18.9. The van der Waals surface area contributed by atoms with Gasteiger partial charge < -0.3 is 9.84 Å². The van der Waals surface area contributed by atoms with Crippen molar-refractivity contribution in [2.45, 2.75) is 23.1 Å². The summed E-state index contributed by atoms with van der Waals surface area (Å²) in [6.45, 7) is 2.39. The molecule has 1 saturated heterocycles. The Hall–Kier alpha value is -3.18. The number of benzene rings is 3. The Morgan fingerprint density at radius 3 is 2.41 bits per heavy atom. The summed E-state index contributed by atoms with van der Waals surface area (Å²) in [5, 5.41) is 20.7. The standard InChI is InChI=1S/C28H21BrClN3O4S2/c1-2-37-21-13-7-17(8-14-21)23-22(24(34)18-5-9-19(29)10-6-18)25(35)26(36)33(23)27-31-32-28(39-27)38-15-16-3-11-20(30)12-4-16/h3-14,23,34H,2,15H2,1H3/b24-22-. The van der Waals surface area contributed by atoms with Crippen molar-refractivity contribution in [3.8, 4) is 5.75 Å². The van der Waals surface area contributed by atoms with Crippen LogP contribution in [0.3, 0.4) is 0 Å². The van der Waals surface area contributed by atoms with Crippen LogP contribution >= 0.6 is 50.6 Å². The summed E-state index contributed by atoms with van der Waals surface area (Å²) in [4.78, 5) is 28.1. The van der Waals surface area contributed by atoms with Crippen LogP contribution in [-0.2, 0) is 15.3 Å². The van der Waals surface area contributed by atoms with E-state index in [4.69, 9.17) is 16.3 Å². The van der Waals surface area contributed by atoms with Gasteiger partial charge in [-0.2, -0.15) is 0 Å². The van der Waals surface area contributed by atoms with Gasteiger partial charge in [-0.1, -0.05) is 87.0 Å². The molecule has 0 spiro atoms. The number of ether oxygens (including phenoxy) is 1. The number of hydrogen-bond acceptors (Lipinski definition) is 8. The molecule has 0 aliphatic carbocycles. The van der Waals surface area contributed by atoms with Gasteiger partial charge in [0.05, 0.1) is 18.2 Å². The summed E-state index contributed by atoms with van der Waals surface area (Å²) in [5.74, 6) is -0.541. The topological polar surface area (TPSA) is 92.6 Å². The first-order valence-corrected chi connectivity index (χ1v) is 14.8. The highest BCUT2D eigenvalue weighted by Gasteiger charge is 2.48. The fraction of sp³-hybridized carbons (Fsp3) is 0.143. The van der Waals surface area contributed by atoms with Crippen molar-refractivity contribution < 1.29 is 19.4 Å². The number of nitrogens with zero attached hydrogens (tertiary/aromatic N) is 3. The molecule has 1 amide bonds. The Balaban J connectivity index is 1.52. The number of amides is 1. The molecule has 198 valence electrons. The minimum absolute atomic E-state index is 0.0166. The minimum atomic E-state index is -0.897. The van der Waals surface area contributed by atoms with Crippen LogP contribution < -0.4 is 9.64 Å². The van der Waals surface area contributed by atoms with Gasteiger partial charge >= 0.3 is 5.91 Å². The number of ketones is 1. The average molecular weight is 643 g/mol. The molecule has 11 heteroatoms. The second-order valence-electron chi connectivity index (χ2n) is 8.44. The number of aromatic nitrogens is 2. The first kappa shape index (κ1) is 27.4. The van der Waals surface area contributed by atoms with Crippen LogP contribution in [0, 0.1) is 0 Å². The summed E-state index contributed by atoms with van der Waals surface area (Å²) in [5.41, 5.74) is 2.09. The van der Waals surface area contributed by atoms with Crippen LogP contribution in [0.5, 0.6) is 5.75 Å². The van der Waals surface area contributed by atoms with Gasteiger partial charge in [-0.25, -0.2) is 0 Å². The monoisotopic (exact) mass is 641 g/mol. The fourth-order valence-corrected chi connectivity index (χ4v) is 6.32. The highest BCUT2D eigenvalue weighted by Crippen LogP contribution is 2.44. The van der Waals surface area contributed by atoms with E-state index in [-0.39, 0.29) is 16.5 Å². The molecule has 0 radical (unpaired) electrons. The molecule has 2 heterocycles. The molecule has 1 aliphatic rings. The Kier molecular flexibility index (Phi) is 8.37. The number of Topliss-reactive ketones (excluding diaryl/α,β-unsaturated/α-hetero) is 1. The van der Waals surface area contributed by atoms with Crippen LogP contribution in [-0.4, -0.2) is 33.6 Å². The van der Waals surface area contributed by atoms with Crippen molar-refractivity contribution in [3.05, 3.63) is 105 Å². The zero-order valence-corrected chi connectivity index (χ0v) is 24.5. The third-order valence-corrected chi connectivity index (χ3v) is 8.85. The normalized spacial score (nSPS) is 16.6. The zero-order valence-electron chi connectivity index (χ0n) is 20.5. The van der Waals surface area contributed by atoms with E-state index < -0.39 is 17.7 Å². The maximum Gasteiger partial charge on any atom is 0.301 e. The van der Waals surface area contributed by atoms with Gasteiger partial charge in [0.25, 0.3) is 5.78 Å². The predicted molar refractivity (Wildman–Crippen MR) is 157 cm³/mol. The van der Waals surface area contributed by atoms with Gasteiger partial charge in [-0.05, 0) is 54.4 Å². The third kappa shape index (κ3) is 5.89. The number of halogens is 2. The Bertz CT molecular complexity index is 1540. The number of anilines is 1. The van der Waals surface area contributed by atoms with Gasteiger partial charge in [-0.15, -0.1) is 10.2 Å². The highest BCUT2D eigenvalue weighted by atomic mass is 79.9. The molecule has 1 fully saturated rings. The average Bonchev–Trinajstić information content (AvgIpc) is 3.51. The van der Waals surface area contributed by atoms with Crippen molar-refractivity contribution >= 4 is 73.2 Å². The molecule has 7 nitrogen and oxygen atoms in total. The maximum atomic E-state index is 13.4. The third-order valence-electron chi connectivity index (χ3n) is 5.95. The van der Waals surface area contributed by atoms with E-state index >= 15 is 0 Å². The predicted octanol–water partition coefficient (Wildman–Crippen LogP) is 7.27. The van der Waals surface area contributed by atoms with E-state index in [1.165, 1.54) is 28.0 Å². The van der Waals surface area contributed by atoms with Crippen LogP contribution in [0.1, 0.15) is 29.7 Å². The van der Waals surface area contributed by atoms with E-state index in [0.29, 0.717) is 38.6 Å². The molecule has 39 heavy (non-hydrogen) atoms. The molecule has 1 N–H and O–H groups in total. The van der Waals surface area contributed by atoms with Gasteiger partial charge in [0.15, 0.2) is 4.34 Å². The van der Waals surface area contributed by atoms with E-state index in [2.05, 4.69) is 26.1 Å². The van der Waals surface area contributed by atoms with Gasteiger partial charge in [0, 0.05) is 20.8 Å². The summed E-state index contributed by atoms with van der Waals surface area (Å²) < 4.78 is 7.02. The summed E-state index contributed by atoms with van der Waals surface area (Å²) in [6, 6.07) is 20.6. The van der Waals surface area contributed by atoms with Crippen molar-refractivity contribution in [1.29, 1.82) is 0 Å². The Labute approximate surface area is 246 Å². The van der Waals surface area contributed by atoms with E-state index in [0.717, 1.165) is 10.0 Å². The molecule has 1 atom stereocenters. The molecule has 1 aromatic heterocycles. The largest absolute Gasteiger partial charge is 0.507 e. The van der Waals surface area contributed by atoms with E-state index in [9.17, 15) is 14.7 Å². The van der Waals surface area contributed by atoms with Crippen molar-refractivity contribution in [1.82, 2.24) is 10.2 Å². The first-order valence-electron chi connectivity index (χ1n) is 11.9. The summed E-state index contributed by atoms with van der Waals surface area (Å²) in [6.07, 6.45) is 0. The molecule has 0 bridgehead atoms. The zero-order chi connectivity index (χ0) is 27.5. The Morgan fingerprint density at radius 1 is 1.05 bits per heavy atom. The number of carbonyl (C=O) groups is 2. The molecule has 0 saturated carbocycles. The highest BCUT2D eigenvalue weighted by molar-refractivity contribution is 9.10. The minimum Gasteiger partial charge on any atom is -0.507 e. The van der Waals surface area contributed by atoms with Crippen LogP contribution in [0.25, 0.3) is 5.76 Å². The van der Waals surface area contributed by atoms with E-state index in [1.807, 2.05) is 31.2 Å². The van der Waals surface area contributed by atoms with E-state index in [1.54, 1.807) is 48.5 Å². The summed E-state index contributed by atoms with van der Waals surface area (Å²) >= 11 is 12.0. The van der Waals surface area contributed by atoms with Gasteiger partial charge in [-0.3, -0.25) is 14.5 Å². The van der Waals surface area contributed by atoms with Gasteiger partial charge in [0.2, 0.25) is 5.13 Å². The van der Waals surface area contributed by atoms with Gasteiger partial charge in [0.1, 0.15) is 11.5 Å². The van der Waals surface area contributed by atoms with Crippen molar-refractivity contribution in [2.75, 3.05) is 11.5 Å². The summed E-state index contributed by atoms with van der Waals surface area (Å²) in [7, 11) is 0. The lowest BCUT2D eigenvalue weighted by molar-refractivity contribution is -0.132. The second-order valence-corrected chi connectivity index (χ2v) is 12.0. The second kappa shape index (κ2) is 11.9. The number of rotatable bonds is 8. The maximum absolute atomic E-state index is 13.4. The molecule has 1 unspecified atom stereocenters. The molecular weight excluding hydrogens is 622 g/mol. The Morgan fingerprint density at radius 2 is 1.74 bits per heavy atom. The number of thioether (sulfide) groups is 1. The lowest BCUT2D eigenvalue weighted by atomic mass is 9.95. The van der Waals surface area contributed by atoms with Crippen molar-refractivity contribution in [3.63, 3.8) is 0 Å². The molecule has 3 aromatic carbocycles. The molecule has 1 aliphatic heterocycles. The number of hydrogen-bond donors (Lipinski definition) is 1.